The molecule has 1 atom stereocenters. The number of hydroxylamine groups is 1. The summed E-state index contributed by atoms with van der Waals surface area (Å²) in [4.78, 5) is 15.1. The first kappa shape index (κ1) is 15.0. The Kier molecular flexibility index (Phi) is 3.69. The van der Waals surface area contributed by atoms with Crippen molar-refractivity contribution < 1.29 is 27.5 Å². The molecule has 3 N–H and O–H groups in total. The highest BCUT2D eigenvalue weighted by Crippen LogP contribution is 2.32. The van der Waals surface area contributed by atoms with Gasteiger partial charge in [-0.1, -0.05) is 0 Å². The van der Waals surface area contributed by atoms with E-state index in [0.717, 1.165) is 0 Å². The van der Waals surface area contributed by atoms with Crippen LogP contribution < -0.4 is 11.2 Å². The van der Waals surface area contributed by atoms with E-state index in [0.29, 0.717) is 10.7 Å². The Morgan fingerprint density at radius 3 is 2.86 bits per heavy atom. The largest absolute Gasteiger partial charge is 0.493 e. The van der Waals surface area contributed by atoms with E-state index < -0.39 is 12.1 Å². The van der Waals surface area contributed by atoms with Crippen molar-refractivity contribution in [3.8, 4) is 6.07 Å². The molecule has 2 rings (SSSR count). The topological polar surface area (TPSA) is 101 Å². The molecule has 0 aliphatic carbocycles. The molecule has 0 radical (unpaired) electrons. The van der Waals surface area contributed by atoms with E-state index in [1.54, 1.807) is 6.92 Å². The van der Waals surface area contributed by atoms with Gasteiger partial charge < -0.3 is 15.3 Å². The minimum atomic E-state index is -5.15. The second-order valence-corrected chi connectivity index (χ2v) is 4.43. The molecule has 0 saturated carbocycles. The number of ether oxygens (including phenoxy) is 1. The van der Waals surface area contributed by atoms with Crippen molar-refractivity contribution >= 4 is 5.97 Å². The molecule has 2 heterocycles. The third-order valence-electron chi connectivity index (χ3n) is 2.90. The van der Waals surface area contributed by atoms with Gasteiger partial charge in [0.05, 0.1) is 18.3 Å². The lowest BCUT2D eigenvalue weighted by molar-refractivity contribution is -0.242. The molecular formula is C11H11F3N4O3. The molecule has 2 aliphatic heterocycles. The predicted octanol–water partition coefficient (Wildman–Crippen LogP) is 0.584. The van der Waals surface area contributed by atoms with Gasteiger partial charge in [-0.15, -0.1) is 5.17 Å². The maximum Gasteiger partial charge on any atom is 0.493 e. The smallest absolute Gasteiger partial charge is 0.383 e. The van der Waals surface area contributed by atoms with Gasteiger partial charge in [0.2, 0.25) is 0 Å². The second kappa shape index (κ2) is 5.17. The highest BCUT2D eigenvalue weighted by molar-refractivity contribution is 5.75. The van der Waals surface area contributed by atoms with Gasteiger partial charge in [-0.3, -0.25) is 0 Å². The summed E-state index contributed by atoms with van der Waals surface area (Å²) in [7, 11) is 0. The van der Waals surface area contributed by atoms with Crippen LogP contribution in [0.4, 0.5) is 13.2 Å². The number of nitriles is 1. The molecule has 0 saturated heterocycles. The van der Waals surface area contributed by atoms with E-state index in [-0.39, 0.29) is 36.2 Å². The van der Waals surface area contributed by atoms with Gasteiger partial charge in [-0.2, -0.15) is 18.4 Å². The van der Waals surface area contributed by atoms with Gasteiger partial charge in [-0.25, -0.2) is 10.2 Å². The Labute approximate surface area is 117 Å². The third-order valence-corrected chi connectivity index (χ3v) is 2.90. The van der Waals surface area contributed by atoms with Crippen molar-refractivity contribution in [3.05, 3.63) is 22.7 Å². The number of carbonyl (C=O) groups is 1. The molecule has 1 unspecified atom stereocenters. The number of hydrazine groups is 1. The third kappa shape index (κ3) is 2.87. The number of halogens is 3. The van der Waals surface area contributed by atoms with Crippen LogP contribution in [0.5, 0.6) is 0 Å². The standard InChI is InChI=1S/C11H11F3N4O3/c1-5-2-6-7(3-15)9(16)17-18(8(6)4-20-5)21-10(19)11(12,13)14/h5,17H,2,4,16H2,1H3. The number of hydrogen-bond acceptors (Lipinski definition) is 7. The van der Waals surface area contributed by atoms with Crippen molar-refractivity contribution in [2.24, 2.45) is 5.73 Å². The lowest BCUT2D eigenvalue weighted by atomic mass is 9.96. The highest BCUT2D eigenvalue weighted by Gasteiger charge is 2.44. The molecule has 0 spiro atoms. The first-order chi connectivity index (χ1) is 9.74. The number of alkyl halides is 3. The molecule has 0 aromatic carbocycles. The zero-order valence-corrected chi connectivity index (χ0v) is 10.8. The monoisotopic (exact) mass is 304 g/mol. The Bertz CT molecular complexity index is 576. The predicted molar refractivity (Wildman–Crippen MR) is 61.0 cm³/mol. The molecule has 0 amide bonds. The van der Waals surface area contributed by atoms with Crippen LogP contribution in [-0.4, -0.2) is 30.0 Å². The molecule has 0 aromatic rings. The van der Waals surface area contributed by atoms with E-state index in [9.17, 15) is 18.0 Å². The fraction of sp³-hybridized carbons (Fsp3) is 0.455. The first-order valence-electron chi connectivity index (χ1n) is 5.83. The fourth-order valence-electron chi connectivity index (χ4n) is 1.94. The number of nitrogens with zero attached hydrogens (tertiary/aromatic N) is 2. The normalized spacial score (nSPS) is 22.4. The summed E-state index contributed by atoms with van der Waals surface area (Å²) in [5, 5.41) is 9.57. The van der Waals surface area contributed by atoms with Crippen LogP contribution >= 0.6 is 0 Å². The van der Waals surface area contributed by atoms with E-state index in [1.807, 2.05) is 6.07 Å². The quantitative estimate of drug-likeness (QED) is 0.731. The lowest BCUT2D eigenvalue weighted by Crippen LogP contribution is -2.49. The molecule has 0 bridgehead atoms. The van der Waals surface area contributed by atoms with Gasteiger partial charge in [0.15, 0.2) is 0 Å². The van der Waals surface area contributed by atoms with Crippen molar-refractivity contribution in [1.29, 1.82) is 5.26 Å². The van der Waals surface area contributed by atoms with Crippen molar-refractivity contribution in [3.63, 3.8) is 0 Å². The summed E-state index contributed by atoms with van der Waals surface area (Å²) in [6.07, 6.45) is -5.13. The van der Waals surface area contributed by atoms with E-state index in [4.69, 9.17) is 15.7 Å². The summed E-state index contributed by atoms with van der Waals surface area (Å²) < 4.78 is 42.1. The summed E-state index contributed by atoms with van der Waals surface area (Å²) in [5.41, 5.74) is 8.39. The zero-order valence-electron chi connectivity index (χ0n) is 10.8. The maximum atomic E-state index is 12.3. The SMILES string of the molecule is CC1CC2=C(CO1)N(OC(=O)C(F)(F)F)NC(N)=C2C#N. The van der Waals surface area contributed by atoms with Crippen LogP contribution in [0.3, 0.4) is 0 Å². The first-order valence-corrected chi connectivity index (χ1v) is 5.83. The van der Waals surface area contributed by atoms with E-state index in [1.165, 1.54) is 0 Å². The number of hydrogen-bond donors (Lipinski definition) is 2. The number of allylic oxidation sites excluding steroid dienone is 1. The highest BCUT2D eigenvalue weighted by atomic mass is 19.4. The molecule has 0 fully saturated rings. The van der Waals surface area contributed by atoms with Crippen LogP contribution in [0.1, 0.15) is 13.3 Å². The van der Waals surface area contributed by atoms with Crippen molar-refractivity contribution in [2.45, 2.75) is 25.6 Å². The average Bonchev–Trinajstić information content (AvgIpc) is 2.37. The van der Waals surface area contributed by atoms with Crippen LogP contribution in [0.15, 0.2) is 22.7 Å². The van der Waals surface area contributed by atoms with Gasteiger partial charge in [0, 0.05) is 12.0 Å². The molecule has 21 heavy (non-hydrogen) atoms. The minimum absolute atomic E-state index is 0.0967. The molecule has 114 valence electrons. The molecule has 0 aromatic heterocycles. The van der Waals surface area contributed by atoms with Crippen LogP contribution in [0.2, 0.25) is 0 Å². The summed E-state index contributed by atoms with van der Waals surface area (Å²) >= 11 is 0. The van der Waals surface area contributed by atoms with Gasteiger partial charge in [0.1, 0.15) is 17.6 Å². The van der Waals surface area contributed by atoms with E-state index in [2.05, 4.69) is 10.3 Å². The summed E-state index contributed by atoms with van der Waals surface area (Å²) in [5.74, 6) is -2.60. The Morgan fingerprint density at radius 2 is 2.29 bits per heavy atom. The number of carbonyl (C=O) groups excluding carboxylic acids is 1. The van der Waals surface area contributed by atoms with Gasteiger partial charge >= 0.3 is 12.1 Å². The fourth-order valence-corrected chi connectivity index (χ4v) is 1.94. The Morgan fingerprint density at radius 1 is 1.62 bits per heavy atom. The lowest BCUT2D eigenvalue weighted by Gasteiger charge is -2.36. The number of nitrogens with one attached hydrogen (secondary N) is 1. The van der Waals surface area contributed by atoms with Crippen LogP contribution in [0.25, 0.3) is 0 Å². The maximum absolute atomic E-state index is 12.3. The molecule has 7 nitrogen and oxygen atoms in total. The molecular weight excluding hydrogens is 293 g/mol. The number of rotatable bonds is 1. The average molecular weight is 304 g/mol. The van der Waals surface area contributed by atoms with Gasteiger partial charge in [-0.05, 0) is 6.92 Å². The Hall–Kier alpha value is -2.41. The summed E-state index contributed by atoms with van der Waals surface area (Å²) in [6.45, 7) is 1.62. The zero-order chi connectivity index (χ0) is 15.8. The van der Waals surface area contributed by atoms with Crippen molar-refractivity contribution in [1.82, 2.24) is 10.6 Å². The molecule has 10 heteroatoms. The molecule has 2 aliphatic rings. The van der Waals surface area contributed by atoms with E-state index >= 15 is 0 Å². The van der Waals surface area contributed by atoms with Crippen molar-refractivity contribution in [2.75, 3.05) is 6.61 Å². The second-order valence-electron chi connectivity index (χ2n) is 4.43. The summed E-state index contributed by atoms with van der Waals surface area (Å²) in [6, 6.07) is 1.87. The van der Waals surface area contributed by atoms with Gasteiger partial charge in [0.25, 0.3) is 0 Å². The number of nitrogens with two attached hydrogens (primary N) is 1. The van der Waals surface area contributed by atoms with Crippen LogP contribution in [-0.2, 0) is 14.4 Å². The minimum Gasteiger partial charge on any atom is -0.383 e. The van der Waals surface area contributed by atoms with Crippen LogP contribution in [0, 0.1) is 11.3 Å². The Balaban J connectivity index is 2.32.